The van der Waals surface area contributed by atoms with Crippen LogP contribution in [0.4, 0.5) is 0 Å². The Balaban J connectivity index is 1.96. The Kier molecular flexibility index (Phi) is 4.66. The van der Waals surface area contributed by atoms with Crippen LogP contribution >= 0.6 is 11.6 Å². The number of likely N-dealkylation sites (N-methyl/N-ethyl adjacent to an activating group) is 1. The van der Waals surface area contributed by atoms with Crippen LogP contribution in [0.3, 0.4) is 0 Å². The second-order valence-corrected chi connectivity index (χ2v) is 5.30. The average molecular weight is 284 g/mol. The molecule has 1 aliphatic heterocycles. The molecule has 19 heavy (non-hydrogen) atoms. The molecule has 4 nitrogen and oxygen atoms in total. The first-order valence-electron chi connectivity index (χ1n) is 6.44. The molecule has 0 radical (unpaired) electrons. The van der Waals surface area contributed by atoms with Gasteiger partial charge in [-0.05, 0) is 44.6 Å². The zero-order valence-electron chi connectivity index (χ0n) is 10.9. The van der Waals surface area contributed by atoms with Crippen molar-refractivity contribution in [3.63, 3.8) is 0 Å². The van der Waals surface area contributed by atoms with Crippen LogP contribution in [0.25, 0.3) is 0 Å². The Hall–Kier alpha value is -1.26. The van der Waals surface area contributed by atoms with Crippen molar-refractivity contribution in [3.8, 4) is 5.75 Å². The maximum Gasteiger partial charge on any atom is 0.337 e. The lowest BCUT2D eigenvalue weighted by Crippen LogP contribution is -2.40. The molecule has 0 amide bonds. The summed E-state index contributed by atoms with van der Waals surface area (Å²) in [5.74, 6) is -0.405. The number of carboxylic acid groups (broad SMARTS) is 1. The Labute approximate surface area is 117 Å². The van der Waals surface area contributed by atoms with Crippen molar-refractivity contribution in [2.45, 2.75) is 25.3 Å². The van der Waals surface area contributed by atoms with Gasteiger partial charge in [-0.2, -0.15) is 0 Å². The molecular weight excluding hydrogens is 266 g/mol. The van der Waals surface area contributed by atoms with Crippen LogP contribution in [-0.2, 0) is 0 Å². The number of carbonyl (C=O) groups is 1. The zero-order valence-corrected chi connectivity index (χ0v) is 11.7. The highest BCUT2D eigenvalue weighted by Gasteiger charge is 2.19. The van der Waals surface area contributed by atoms with Gasteiger partial charge in [-0.25, -0.2) is 4.79 Å². The molecule has 0 aromatic heterocycles. The summed E-state index contributed by atoms with van der Waals surface area (Å²) in [6.07, 6.45) is 3.61. The third kappa shape index (κ3) is 3.61. The lowest BCUT2D eigenvalue weighted by molar-refractivity contribution is 0.0697. The van der Waals surface area contributed by atoms with Crippen molar-refractivity contribution in [1.82, 2.24) is 4.90 Å². The number of carboxylic acids is 1. The second kappa shape index (κ2) is 6.26. The monoisotopic (exact) mass is 283 g/mol. The predicted molar refractivity (Wildman–Crippen MR) is 74.2 cm³/mol. The van der Waals surface area contributed by atoms with Crippen molar-refractivity contribution in [3.05, 3.63) is 28.8 Å². The maximum atomic E-state index is 10.8. The van der Waals surface area contributed by atoms with Gasteiger partial charge in [-0.15, -0.1) is 0 Å². The van der Waals surface area contributed by atoms with E-state index in [1.54, 1.807) is 12.1 Å². The van der Waals surface area contributed by atoms with E-state index in [2.05, 4.69) is 11.9 Å². The van der Waals surface area contributed by atoms with Crippen LogP contribution in [-0.4, -0.2) is 42.2 Å². The van der Waals surface area contributed by atoms with Gasteiger partial charge in [0.05, 0.1) is 10.6 Å². The summed E-state index contributed by atoms with van der Waals surface area (Å²) in [6.45, 7) is 1.71. The summed E-state index contributed by atoms with van der Waals surface area (Å²) in [6, 6.07) is 5.11. The maximum absolute atomic E-state index is 10.8. The first kappa shape index (κ1) is 14.2. The normalized spacial score (nSPS) is 20.2. The van der Waals surface area contributed by atoms with Crippen LogP contribution in [0.15, 0.2) is 18.2 Å². The van der Waals surface area contributed by atoms with Gasteiger partial charge in [0.2, 0.25) is 0 Å². The standard InChI is InChI=1S/C14H18ClNO3/c1-16-7-3-2-4-10(16)9-19-11-5-6-12(14(17)18)13(15)8-11/h5-6,8,10H,2-4,7,9H2,1H3,(H,17,18). The minimum atomic E-state index is -1.02. The van der Waals surface area contributed by atoms with Gasteiger partial charge in [0.25, 0.3) is 0 Å². The minimum absolute atomic E-state index is 0.101. The number of piperidine rings is 1. The molecule has 1 aromatic rings. The molecule has 2 rings (SSSR count). The Morgan fingerprint density at radius 1 is 1.53 bits per heavy atom. The number of hydrogen-bond acceptors (Lipinski definition) is 3. The van der Waals surface area contributed by atoms with E-state index in [0.29, 0.717) is 18.4 Å². The number of aromatic carboxylic acids is 1. The van der Waals surface area contributed by atoms with Crippen LogP contribution in [0.2, 0.25) is 5.02 Å². The van der Waals surface area contributed by atoms with Gasteiger partial charge in [-0.3, -0.25) is 0 Å². The fourth-order valence-corrected chi connectivity index (χ4v) is 2.56. The van der Waals surface area contributed by atoms with E-state index in [9.17, 15) is 4.79 Å². The molecule has 1 heterocycles. The molecule has 0 bridgehead atoms. The van der Waals surface area contributed by atoms with Gasteiger partial charge >= 0.3 is 5.97 Å². The number of nitrogens with zero attached hydrogens (tertiary/aromatic N) is 1. The lowest BCUT2D eigenvalue weighted by atomic mass is 10.0. The van der Waals surface area contributed by atoms with Gasteiger partial charge in [-0.1, -0.05) is 18.0 Å². The molecule has 0 aliphatic carbocycles. The van der Waals surface area contributed by atoms with Crippen LogP contribution < -0.4 is 4.74 Å². The molecule has 1 unspecified atom stereocenters. The largest absolute Gasteiger partial charge is 0.492 e. The summed E-state index contributed by atoms with van der Waals surface area (Å²) in [5.41, 5.74) is 0.101. The molecule has 1 aliphatic rings. The van der Waals surface area contributed by atoms with Gasteiger partial charge < -0.3 is 14.7 Å². The highest BCUT2D eigenvalue weighted by atomic mass is 35.5. The molecule has 104 valence electrons. The number of benzene rings is 1. The summed E-state index contributed by atoms with van der Waals surface area (Å²) in [5, 5.41) is 9.10. The van der Waals surface area contributed by atoms with Gasteiger partial charge in [0.1, 0.15) is 12.4 Å². The third-order valence-electron chi connectivity index (χ3n) is 3.53. The van der Waals surface area contributed by atoms with Crippen molar-refractivity contribution in [1.29, 1.82) is 0 Å². The van der Waals surface area contributed by atoms with Crippen molar-refractivity contribution in [2.75, 3.05) is 20.2 Å². The fraction of sp³-hybridized carbons (Fsp3) is 0.500. The van der Waals surface area contributed by atoms with Crippen LogP contribution in [0, 0.1) is 0 Å². The Bertz CT molecular complexity index is 464. The summed E-state index contributed by atoms with van der Waals surface area (Å²) in [4.78, 5) is 13.2. The summed E-state index contributed by atoms with van der Waals surface area (Å²) in [7, 11) is 2.10. The van der Waals surface area contributed by atoms with Crippen molar-refractivity contribution in [2.24, 2.45) is 0 Å². The highest BCUT2D eigenvalue weighted by Crippen LogP contribution is 2.23. The van der Waals surface area contributed by atoms with Gasteiger partial charge in [0.15, 0.2) is 0 Å². The van der Waals surface area contributed by atoms with E-state index in [1.807, 2.05) is 0 Å². The van der Waals surface area contributed by atoms with Crippen molar-refractivity contribution < 1.29 is 14.6 Å². The van der Waals surface area contributed by atoms with E-state index < -0.39 is 5.97 Å². The van der Waals surface area contributed by atoms with E-state index in [-0.39, 0.29) is 10.6 Å². The molecule has 0 saturated carbocycles. The van der Waals surface area contributed by atoms with Crippen molar-refractivity contribution >= 4 is 17.6 Å². The number of rotatable bonds is 4. The fourth-order valence-electron chi connectivity index (χ4n) is 2.31. The number of ether oxygens (including phenoxy) is 1. The lowest BCUT2D eigenvalue weighted by Gasteiger charge is -2.32. The predicted octanol–water partition coefficient (Wildman–Crippen LogP) is 2.90. The second-order valence-electron chi connectivity index (χ2n) is 4.89. The van der Waals surface area contributed by atoms with E-state index >= 15 is 0 Å². The molecule has 0 spiro atoms. The third-order valence-corrected chi connectivity index (χ3v) is 3.85. The summed E-state index contributed by atoms with van der Waals surface area (Å²) >= 11 is 5.90. The van der Waals surface area contributed by atoms with Gasteiger partial charge in [0, 0.05) is 6.04 Å². The quantitative estimate of drug-likeness (QED) is 0.923. The van der Waals surface area contributed by atoms with Crippen LogP contribution in [0.5, 0.6) is 5.75 Å². The topological polar surface area (TPSA) is 49.8 Å². The SMILES string of the molecule is CN1CCCCC1COc1ccc(C(=O)O)c(Cl)c1. The molecule has 1 fully saturated rings. The molecule has 1 aromatic carbocycles. The molecule has 5 heteroatoms. The first-order chi connectivity index (χ1) is 9.08. The smallest absolute Gasteiger partial charge is 0.337 e. The molecular formula is C14H18ClNO3. The Morgan fingerprint density at radius 3 is 2.95 bits per heavy atom. The number of halogens is 1. The highest BCUT2D eigenvalue weighted by molar-refractivity contribution is 6.33. The van der Waals surface area contributed by atoms with E-state index in [4.69, 9.17) is 21.4 Å². The summed E-state index contributed by atoms with van der Waals surface area (Å²) < 4.78 is 5.71. The average Bonchev–Trinajstić information content (AvgIpc) is 2.37. The van der Waals surface area contributed by atoms with E-state index in [1.165, 1.54) is 18.9 Å². The minimum Gasteiger partial charge on any atom is -0.492 e. The Morgan fingerprint density at radius 2 is 2.32 bits per heavy atom. The first-order valence-corrected chi connectivity index (χ1v) is 6.81. The van der Waals surface area contributed by atoms with Crippen LogP contribution in [0.1, 0.15) is 29.6 Å². The number of likely N-dealkylation sites (tertiary alicyclic amines) is 1. The molecule has 1 saturated heterocycles. The molecule has 1 atom stereocenters. The van der Waals surface area contributed by atoms with E-state index in [0.717, 1.165) is 13.0 Å². The zero-order chi connectivity index (χ0) is 13.8. The molecule has 1 N–H and O–H groups in total. The number of hydrogen-bond donors (Lipinski definition) is 1.